The minimum atomic E-state index is -1.07. The number of benzene rings is 1. The molecule has 0 saturated heterocycles. The molecule has 0 aliphatic heterocycles. The zero-order chi connectivity index (χ0) is 15.9. The number of carbonyl (C=O) groups is 2. The highest BCUT2D eigenvalue weighted by atomic mass is 16.5. The van der Waals surface area contributed by atoms with Crippen LogP contribution in [-0.4, -0.2) is 24.6 Å². The van der Waals surface area contributed by atoms with Gasteiger partial charge in [-0.15, -0.1) is 0 Å². The molecule has 6 heteroatoms. The maximum atomic E-state index is 12.0. The Morgan fingerprint density at radius 1 is 1.33 bits per heavy atom. The number of rotatable bonds is 5. The SMILES string of the molecule is CCCC(C)(NC(=O)Nc1ccc(C#N)cc1)C(=O)OC. The summed E-state index contributed by atoms with van der Waals surface area (Å²) in [6.45, 7) is 3.54. The second-order valence-corrected chi connectivity index (χ2v) is 4.84. The molecule has 0 aromatic heterocycles. The summed E-state index contributed by atoms with van der Waals surface area (Å²) in [4.78, 5) is 23.8. The number of amides is 2. The summed E-state index contributed by atoms with van der Waals surface area (Å²) in [5, 5.41) is 14.0. The number of esters is 1. The Labute approximate surface area is 124 Å². The van der Waals surface area contributed by atoms with Crippen LogP contribution in [0.3, 0.4) is 0 Å². The molecule has 1 rings (SSSR count). The molecule has 0 radical (unpaired) electrons. The fraction of sp³-hybridized carbons (Fsp3) is 0.400. The first-order chi connectivity index (χ1) is 9.95. The Morgan fingerprint density at radius 3 is 2.43 bits per heavy atom. The molecule has 0 spiro atoms. The van der Waals surface area contributed by atoms with Crippen LogP contribution < -0.4 is 10.6 Å². The van der Waals surface area contributed by atoms with Crippen LogP contribution in [0.2, 0.25) is 0 Å². The highest BCUT2D eigenvalue weighted by molar-refractivity contribution is 5.94. The number of methoxy groups -OCH3 is 1. The molecule has 0 saturated carbocycles. The van der Waals surface area contributed by atoms with E-state index in [2.05, 4.69) is 10.6 Å². The lowest BCUT2D eigenvalue weighted by Gasteiger charge is -2.27. The van der Waals surface area contributed by atoms with Gasteiger partial charge in [-0.3, -0.25) is 0 Å². The van der Waals surface area contributed by atoms with Crippen molar-refractivity contribution in [3.63, 3.8) is 0 Å². The monoisotopic (exact) mass is 289 g/mol. The van der Waals surface area contributed by atoms with E-state index in [1.54, 1.807) is 31.2 Å². The molecule has 1 aromatic carbocycles. The van der Waals surface area contributed by atoms with Crippen molar-refractivity contribution in [2.75, 3.05) is 12.4 Å². The Kier molecular flexibility index (Phi) is 5.73. The third kappa shape index (κ3) is 4.49. The lowest BCUT2D eigenvalue weighted by molar-refractivity contribution is -0.147. The smallest absolute Gasteiger partial charge is 0.331 e. The van der Waals surface area contributed by atoms with Gasteiger partial charge < -0.3 is 15.4 Å². The molecular formula is C15H19N3O3. The van der Waals surface area contributed by atoms with Crippen LogP contribution in [0, 0.1) is 11.3 Å². The van der Waals surface area contributed by atoms with Crippen LogP contribution in [0.15, 0.2) is 24.3 Å². The topological polar surface area (TPSA) is 91.2 Å². The van der Waals surface area contributed by atoms with Crippen molar-refractivity contribution in [2.24, 2.45) is 0 Å². The van der Waals surface area contributed by atoms with Crippen molar-refractivity contribution >= 4 is 17.7 Å². The first-order valence-electron chi connectivity index (χ1n) is 6.63. The third-order valence-corrected chi connectivity index (χ3v) is 3.05. The number of hydrogen-bond acceptors (Lipinski definition) is 4. The van der Waals surface area contributed by atoms with Crippen LogP contribution in [0.25, 0.3) is 0 Å². The van der Waals surface area contributed by atoms with Crippen molar-refractivity contribution in [2.45, 2.75) is 32.2 Å². The Hall–Kier alpha value is -2.55. The molecule has 1 unspecified atom stereocenters. The zero-order valence-electron chi connectivity index (χ0n) is 12.4. The van der Waals surface area contributed by atoms with E-state index in [9.17, 15) is 9.59 Å². The summed E-state index contributed by atoms with van der Waals surface area (Å²) >= 11 is 0. The van der Waals surface area contributed by atoms with E-state index < -0.39 is 17.5 Å². The minimum Gasteiger partial charge on any atom is -0.467 e. The van der Waals surface area contributed by atoms with Crippen molar-refractivity contribution in [3.8, 4) is 6.07 Å². The fourth-order valence-electron chi connectivity index (χ4n) is 1.98. The maximum absolute atomic E-state index is 12.0. The van der Waals surface area contributed by atoms with Gasteiger partial charge in [-0.1, -0.05) is 13.3 Å². The average Bonchev–Trinajstić information content (AvgIpc) is 2.47. The Morgan fingerprint density at radius 2 is 1.95 bits per heavy atom. The second kappa shape index (κ2) is 7.29. The molecule has 6 nitrogen and oxygen atoms in total. The molecule has 0 aliphatic carbocycles. The van der Waals surface area contributed by atoms with E-state index >= 15 is 0 Å². The Bertz CT molecular complexity index is 548. The summed E-state index contributed by atoms with van der Waals surface area (Å²) in [6, 6.07) is 7.93. The number of nitrogens with zero attached hydrogens (tertiary/aromatic N) is 1. The van der Waals surface area contributed by atoms with Gasteiger partial charge in [-0.2, -0.15) is 5.26 Å². The van der Waals surface area contributed by atoms with Gasteiger partial charge in [0.1, 0.15) is 5.54 Å². The molecule has 0 fully saturated rings. The van der Waals surface area contributed by atoms with E-state index in [-0.39, 0.29) is 0 Å². The highest BCUT2D eigenvalue weighted by Crippen LogP contribution is 2.15. The molecule has 0 aliphatic rings. The number of ether oxygens (including phenoxy) is 1. The van der Waals surface area contributed by atoms with E-state index in [1.165, 1.54) is 7.11 Å². The average molecular weight is 289 g/mol. The highest BCUT2D eigenvalue weighted by Gasteiger charge is 2.35. The molecule has 112 valence electrons. The van der Waals surface area contributed by atoms with Gasteiger partial charge in [-0.25, -0.2) is 9.59 Å². The molecular weight excluding hydrogens is 270 g/mol. The van der Waals surface area contributed by atoms with Crippen molar-refractivity contribution in [1.82, 2.24) is 5.32 Å². The van der Waals surface area contributed by atoms with Crippen molar-refractivity contribution < 1.29 is 14.3 Å². The standard InChI is InChI=1S/C15H19N3O3/c1-4-9-15(2,13(19)21-3)18-14(20)17-12-7-5-11(10-16)6-8-12/h5-8H,4,9H2,1-3H3,(H2,17,18,20). The van der Waals surface area contributed by atoms with Gasteiger partial charge in [0, 0.05) is 5.69 Å². The number of nitriles is 1. The largest absolute Gasteiger partial charge is 0.467 e. The van der Waals surface area contributed by atoms with Gasteiger partial charge in [0.15, 0.2) is 0 Å². The van der Waals surface area contributed by atoms with Crippen molar-refractivity contribution in [1.29, 1.82) is 5.26 Å². The summed E-state index contributed by atoms with van der Waals surface area (Å²) in [6.07, 6.45) is 1.20. The van der Waals surface area contributed by atoms with E-state index in [0.29, 0.717) is 17.7 Å². The number of anilines is 1. The quantitative estimate of drug-likeness (QED) is 0.814. The lowest BCUT2D eigenvalue weighted by Crippen LogP contribution is -2.54. The lowest BCUT2D eigenvalue weighted by atomic mass is 9.96. The second-order valence-electron chi connectivity index (χ2n) is 4.84. The molecule has 2 N–H and O–H groups in total. The number of carbonyl (C=O) groups excluding carboxylic acids is 2. The predicted octanol–water partition coefficient (Wildman–Crippen LogP) is 2.41. The first-order valence-corrected chi connectivity index (χ1v) is 6.63. The summed E-state index contributed by atoms with van der Waals surface area (Å²) in [7, 11) is 1.29. The van der Waals surface area contributed by atoms with Crippen molar-refractivity contribution in [3.05, 3.63) is 29.8 Å². The summed E-state index contributed by atoms with van der Waals surface area (Å²) in [5.41, 5.74) is -0.0262. The van der Waals surface area contributed by atoms with Crippen LogP contribution in [0.4, 0.5) is 10.5 Å². The van der Waals surface area contributed by atoms with Crippen LogP contribution in [-0.2, 0) is 9.53 Å². The maximum Gasteiger partial charge on any atom is 0.331 e. The molecule has 21 heavy (non-hydrogen) atoms. The van der Waals surface area contributed by atoms with Gasteiger partial charge in [-0.05, 0) is 37.6 Å². The van der Waals surface area contributed by atoms with Crippen LogP contribution in [0.1, 0.15) is 32.3 Å². The number of urea groups is 1. The van der Waals surface area contributed by atoms with Gasteiger partial charge >= 0.3 is 12.0 Å². The van der Waals surface area contributed by atoms with Gasteiger partial charge in [0.05, 0.1) is 18.7 Å². The van der Waals surface area contributed by atoms with Gasteiger partial charge in [0.25, 0.3) is 0 Å². The van der Waals surface area contributed by atoms with E-state index in [0.717, 1.165) is 6.42 Å². The third-order valence-electron chi connectivity index (χ3n) is 3.05. The summed E-state index contributed by atoms with van der Waals surface area (Å²) < 4.78 is 4.73. The molecule has 1 aromatic rings. The Balaban J connectivity index is 2.73. The zero-order valence-corrected chi connectivity index (χ0v) is 12.4. The van der Waals surface area contributed by atoms with E-state index in [1.807, 2.05) is 13.0 Å². The predicted molar refractivity (Wildman–Crippen MR) is 78.6 cm³/mol. The van der Waals surface area contributed by atoms with Gasteiger partial charge in [0.2, 0.25) is 0 Å². The molecule has 0 bridgehead atoms. The van der Waals surface area contributed by atoms with Crippen LogP contribution in [0.5, 0.6) is 0 Å². The first kappa shape index (κ1) is 16.5. The van der Waals surface area contributed by atoms with Crippen LogP contribution >= 0.6 is 0 Å². The van der Waals surface area contributed by atoms with E-state index in [4.69, 9.17) is 10.00 Å². The fourth-order valence-corrected chi connectivity index (χ4v) is 1.98. The minimum absolute atomic E-state index is 0.473. The molecule has 0 heterocycles. The normalized spacial score (nSPS) is 12.7. The molecule has 2 amide bonds. The number of nitrogens with one attached hydrogen (secondary N) is 2. The molecule has 1 atom stereocenters. The summed E-state index contributed by atoms with van der Waals surface area (Å²) in [5.74, 6) is -0.487. The number of hydrogen-bond donors (Lipinski definition) is 2.